The van der Waals surface area contributed by atoms with Crippen molar-refractivity contribution in [2.75, 3.05) is 7.11 Å². The lowest BCUT2D eigenvalue weighted by molar-refractivity contribution is 0.177. The Morgan fingerprint density at radius 2 is 2.43 bits per heavy atom. The molecule has 1 aliphatic rings. The van der Waals surface area contributed by atoms with Crippen LogP contribution in [0.1, 0.15) is 41.5 Å². The molecule has 3 rings (SSSR count). The van der Waals surface area contributed by atoms with Crippen LogP contribution in [-0.2, 0) is 24.3 Å². The van der Waals surface area contributed by atoms with Gasteiger partial charge in [0.15, 0.2) is 5.82 Å². The molecule has 0 spiro atoms. The first-order chi connectivity index (χ1) is 10.2. The van der Waals surface area contributed by atoms with Crippen LogP contribution in [0.5, 0.6) is 0 Å². The summed E-state index contributed by atoms with van der Waals surface area (Å²) in [5, 5.41) is 10.4. The Balaban J connectivity index is 1.64. The average molecular weight is 306 g/mol. The van der Waals surface area contributed by atoms with E-state index in [1.165, 1.54) is 10.4 Å². The van der Waals surface area contributed by atoms with Gasteiger partial charge in [0.25, 0.3) is 0 Å². The van der Waals surface area contributed by atoms with Crippen molar-refractivity contribution >= 4 is 11.3 Å². The molecule has 0 bridgehead atoms. The molecule has 2 atom stereocenters. The average Bonchev–Trinajstić information content (AvgIpc) is 3.04. The van der Waals surface area contributed by atoms with E-state index in [-0.39, 0.29) is 0 Å². The van der Waals surface area contributed by atoms with Crippen LogP contribution in [0.3, 0.4) is 0 Å². The molecule has 1 N–H and O–H groups in total. The summed E-state index contributed by atoms with van der Waals surface area (Å²) in [5.74, 6) is 1.87. The summed E-state index contributed by atoms with van der Waals surface area (Å²) in [5.41, 5.74) is 1.37. The summed E-state index contributed by atoms with van der Waals surface area (Å²) in [6.45, 7) is 5.80. The highest BCUT2D eigenvalue weighted by Gasteiger charge is 2.23. The van der Waals surface area contributed by atoms with E-state index in [4.69, 9.17) is 4.74 Å². The SMILES string of the molecule is COCc1nc2n(n1)C[C@@H](N[C@H](C)c1sccc1C)CC2. The molecule has 0 aliphatic carbocycles. The van der Waals surface area contributed by atoms with Crippen LogP contribution < -0.4 is 5.32 Å². The Hall–Kier alpha value is -1.24. The molecule has 21 heavy (non-hydrogen) atoms. The number of thiophene rings is 1. The van der Waals surface area contributed by atoms with Gasteiger partial charge in [0.1, 0.15) is 12.4 Å². The molecule has 6 heteroatoms. The fraction of sp³-hybridized carbons (Fsp3) is 0.600. The molecule has 0 amide bonds. The predicted octanol–water partition coefficient (Wildman–Crippen LogP) is 2.46. The van der Waals surface area contributed by atoms with Crippen molar-refractivity contribution in [3.63, 3.8) is 0 Å². The number of rotatable bonds is 5. The van der Waals surface area contributed by atoms with E-state index in [1.807, 2.05) is 16.0 Å². The zero-order valence-corrected chi connectivity index (χ0v) is 13.6. The van der Waals surface area contributed by atoms with Gasteiger partial charge in [0, 0.05) is 30.5 Å². The first-order valence-electron chi connectivity index (χ1n) is 7.39. The Morgan fingerprint density at radius 3 is 3.14 bits per heavy atom. The van der Waals surface area contributed by atoms with Crippen LogP contribution in [0.2, 0.25) is 0 Å². The van der Waals surface area contributed by atoms with Crippen molar-refractivity contribution in [1.29, 1.82) is 0 Å². The van der Waals surface area contributed by atoms with Gasteiger partial charge in [0.2, 0.25) is 0 Å². The molecule has 5 nitrogen and oxygen atoms in total. The van der Waals surface area contributed by atoms with Crippen molar-refractivity contribution in [1.82, 2.24) is 20.1 Å². The summed E-state index contributed by atoms with van der Waals surface area (Å²) in [4.78, 5) is 5.95. The number of fused-ring (bicyclic) bond motifs is 1. The lowest BCUT2D eigenvalue weighted by Crippen LogP contribution is -2.39. The highest BCUT2D eigenvalue weighted by molar-refractivity contribution is 7.10. The maximum atomic E-state index is 5.11. The maximum absolute atomic E-state index is 5.11. The van der Waals surface area contributed by atoms with Crippen molar-refractivity contribution in [3.05, 3.63) is 33.5 Å². The van der Waals surface area contributed by atoms with Crippen LogP contribution in [0, 0.1) is 6.92 Å². The number of hydrogen-bond acceptors (Lipinski definition) is 5. The summed E-state index contributed by atoms with van der Waals surface area (Å²) in [6, 6.07) is 3.02. The van der Waals surface area contributed by atoms with Crippen LogP contribution in [0.25, 0.3) is 0 Å². The molecule has 2 aromatic rings. The Kier molecular flexibility index (Phi) is 4.37. The lowest BCUT2D eigenvalue weighted by atomic mass is 10.1. The highest BCUT2D eigenvalue weighted by Crippen LogP contribution is 2.25. The molecule has 3 heterocycles. The first-order valence-corrected chi connectivity index (χ1v) is 8.27. The van der Waals surface area contributed by atoms with Gasteiger partial charge < -0.3 is 10.1 Å². The standard InChI is InChI=1S/C15H22N4OS/c1-10-6-7-21-15(10)11(2)16-12-4-5-14-17-13(9-20-3)18-19(14)8-12/h6-7,11-12,16H,4-5,8-9H2,1-3H3/t11-,12+/m1/s1. The fourth-order valence-corrected chi connectivity index (χ4v) is 3.89. The van der Waals surface area contributed by atoms with Crippen molar-refractivity contribution in [2.45, 2.75) is 51.9 Å². The minimum Gasteiger partial charge on any atom is -0.377 e. The number of hydrogen-bond donors (Lipinski definition) is 1. The van der Waals surface area contributed by atoms with Gasteiger partial charge >= 0.3 is 0 Å². The second-order valence-electron chi connectivity index (χ2n) is 5.65. The quantitative estimate of drug-likeness (QED) is 0.922. The van der Waals surface area contributed by atoms with Gasteiger partial charge in [0.05, 0.1) is 6.54 Å². The number of ether oxygens (including phenoxy) is 1. The normalized spacial score (nSPS) is 19.5. The molecular weight excluding hydrogens is 284 g/mol. The second kappa shape index (κ2) is 6.25. The van der Waals surface area contributed by atoms with Gasteiger partial charge in [-0.15, -0.1) is 11.3 Å². The van der Waals surface area contributed by atoms with Crippen LogP contribution in [0.4, 0.5) is 0 Å². The fourth-order valence-electron chi connectivity index (χ4n) is 2.94. The molecule has 0 radical (unpaired) electrons. The minimum absolute atomic E-state index is 0.388. The summed E-state index contributed by atoms with van der Waals surface area (Å²) < 4.78 is 7.14. The Bertz CT molecular complexity index is 607. The van der Waals surface area contributed by atoms with Gasteiger partial charge in [-0.3, -0.25) is 0 Å². The summed E-state index contributed by atoms with van der Waals surface area (Å²) in [6.07, 6.45) is 2.09. The van der Waals surface area contributed by atoms with Gasteiger partial charge in [-0.05, 0) is 37.3 Å². The molecule has 0 unspecified atom stereocenters. The number of aromatic nitrogens is 3. The van der Waals surface area contributed by atoms with Crippen molar-refractivity contribution < 1.29 is 4.74 Å². The van der Waals surface area contributed by atoms with Crippen molar-refractivity contribution in [2.24, 2.45) is 0 Å². The van der Waals surface area contributed by atoms with Gasteiger partial charge in [-0.1, -0.05) is 0 Å². The number of nitrogens with one attached hydrogen (secondary N) is 1. The zero-order valence-electron chi connectivity index (χ0n) is 12.8. The molecule has 1 aliphatic heterocycles. The molecule has 0 saturated heterocycles. The smallest absolute Gasteiger partial charge is 0.176 e. The van der Waals surface area contributed by atoms with E-state index in [2.05, 4.69) is 40.7 Å². The number of nitrogens with zero attached hydrogens (tertiary/aromatic N) is 3. The predicted molar refractivity (Wildman–Crippen MR) is 83.5 cm³/mol. The topological polar surface area (TPSA) is 52.0 Å². The molecule has 0 saturated carbocycles. The van der Waals surface area contributed by atoms with E-state index in [0.29, 0.717) is 18.7 Å². The maximum Gasteiger partial charge on any atom is 0.176 e. The molecule has 0 aromatic carbocycles. The van der Waals surface area contributed by atoms with E-state index >= 15 is 0 Å². The second-order valence-corrected chi connectivity index (χ2v) is 6.60. The van der Waals surface area contributed by atoms with Crippen LogP contribution in [0.15, 0.2) is 11.4 Å². The third-order valence-corrected chi connectivity index (χ3v) is 5.16. The third kappa shape index (κ3) is 3.17. The lowest BCUT2D eigenvalue weighted by Gasteiger charge is -2.27. The number of methoxy groups -OCH3 is 1. The van der Waals surface area contributed by atoms with Gasteiger partial charge in [-0.25, -0.2) is 9.67 Å². The monoisotopic (exact) mass is 306 g/mol. The molecular formula is C15H22N4OS. The molecule has 0 fully saturated rings. The highest BCUT2D eigenvalue weighted by atomic mass is 32.1. The Labute approximate surface area is 129 Å². The largest absolute Gasteiger partial charge is 0.377 e. The van der Waals surface area contributed by atoms with Crippen LogP contribution in [-0.4, -0.2) is 27.9 Å². The van der Waals surface area contributed by atoms with E-state index in [0.717, 1.165) is 31.0 Å². The summed E-state index contributed by atoms with van der Waals surface area (Å²) >= 11 is 1.83. The van der Waals surface area contributed by atoms with E-state index in [1.54, 1.807) is 7.11 Å². The van der Waals surface area contributed by atoms with E-state index in [9.17, 15) is 0 Å². The summed E-state index contributed by atoms with van der Waals surface area (Å²) in [7, 11) is 1.68. The number of aryl methyl sites for hydroxylation is 2. The zero-order chi connectivity index (χ0) is 14.8. The third-order valence-electron chi connectivity index (χ3n) is 3.96. The van der Waals surface area contributed by atoms with E-state index < -0.39 is 0 Å². The van der Waals surface area contributed by atoms with Crippen LogP contribution >= 0.6 is 11.3 Å². The minimum atomic E-state index is 0.388. The van der Waals surface area contributed by atoms with Gasteiger partial charge in [-0.2, -0.15) is 5.10 Å². The molecule has 114 valence electrons. The first kappa shape index (κ1) is 14.7. The van der Waals surface area contributed by atoms with Crippen molar-refractivity contribution in [3.8, 4) is 0 Å². The molecule has 2 aromatic heterocycles. The Morgan fingerprint density at radius 1 is 1.57 bits per heavy atom.